The average molecular weight is 313 g/mol. The van der Waals surface area contributed by atoms with Crippen molar-refractivity contribution in [2.75, 3.05) is 26.2 Å². The van der Waals surface area contributed by atoms with Crippen molar-refractivity contribution in [2.45, 2.75) is 13.1 Å². The van der Waals surface area contributed by atoms with Crippen molar-refractivity contribution in [1.82, 2.24) is 24.9 Å². The molecule has 0 saturated carbocycles. The quantitative estimate of drug-likeness (QED) is 0.929. The molecule has 0 radical (unpaired) electrons. The van der Waals surface area contributed by atoms with E-state index in [1.54, 1.807) is 10.9 Å². The summed E-state index contributed by atoms with van der Waals surface area (Å²) in [6, 6.07) is 10.5. The molecule has 0 unspecified atom stereocenters. The molecule has 2 aromatic rings. The maximum atomic E-state index is 12.2. The first-order chi connectivity index (χ1) is 11.2. The minimum atomic E-state index is 0.00761. The Kier molecular flexibility index (Phi) is 4.92. The van der Waals surface area contributed by atoms with E-state index >= 15 is 0 Å². The van der Waals surface area contributed by atoms with Gasteiger partial charge in [-0.3, -0.25) is 9.58 Å². The number of aryl methyl sites for hydroxylation is 1. The highest BCUT2D eigenvalue weighted by atomic mass is 16.2. The lowest BCUT2D eigenvalue weighted by molar-refractivity contribution is 0.135. The molecular formula is C17H23N5O. The van der Waals surface area contributed by atoms with Gasteiger partial charge in [0, 0.05) is 58.1 Å². The maximum Gasteiger partial charge on any atom is 0.317 e. The van der Waals surface area contributed by atoms with E-state index < -0.39 is 0 Å². The first-order valence-corrected chi connectivity index (χ1v) is 7.97. The highest BCUT2D eigenvalue weighted by Gasteiger charge is 2.20. The Hall–Kier alpha value is -2.34. The van der Waals surface area contributed by atoms with Crippen LogP contribution >= 0.6 is 0 Å². The second kappa shape index (κ2) is 7.28. The predicted molar refractivity (Wildman–Crippen MR) is 88.7 cm³/mol. The van der Waals surface area contributed by atoms with Crippen LogP contribution in [0, 0.1) is 0 Å². The fraction of sp³-hybridized carbons (Fsp3) is 0.412. The minimum absolute atomic E-state index is 0.00761. The number of piperazine rings is 1. The smallest absolute Gasteiger partial charge is 0.317 e. The molecule has 1 aliphatic heterocycles. The van der Waals surface area contributed by atoms with Gasteiger partial charge in [0.15, 0.2) is 0 Å². The number of hydrogen-bond acceptors (Lipinski definition) is 3. The summed E-state index contributed by atoms with van der Waals surface area (Å²) >= 11 is 0. The van der Waals surface area contributed by atoms with Gasteiger partial charge in [-0.1, -0.05) is 30.3 Å². The van der Waals surface area contributed by atoms with E-state index in [4.69, 9.17) is 0 Å². The standard InChI is InChI=1S/C17H23N5O/c1-20-13-16(12-19-20)11-18-17(23)22-9-7-21(8-10-22)14-15-5-3-2-4-6-15/h2-6,12-13H,7-11,14H2,1H3,(H,18,23). The fourth-order valence-electron chi connectivity index (χ4n) is 2.80. The summed E-state index contributed by atoms with van der Waals surface area (Å²) < 4.78 is 1.74. The summed E-state index contributed by atoms with van der Waals surface area (Å²) in [5.74, 6) is 0. The monoisotopic (exact) mass is 313 g/mol. The summed E-state index contributed by atoms with van der Waals surface area (Å²) in [7, 11) is 1.87. The number of benzene rings is 1. The number of carbonyl (C=O) groups excluding carboxylic acids is 1. The second-order valence-electron chi connectivity index (χ2n) is 5.93. The van der Waals surface area contributed by atoms with E-state index in [0.29, 0.717) is 6.54 Å². The summed E-state index contributed by atoms with van der Waals surface area (Å²) in [5.41, 5.74) is 2.34. The van der Waals surface area contributed by atoms with Crippen LogP contribution in [0.1, 0.15) is 11.1 Å². The number of rotatable bonds is 4. The van der Waals surface area contributed by atoms with Crippen LogP contribution in [-0.2, 0) is 20.1 Å². The van der Waals surface area contributed by atoms with Crippen LogP contribution in [0.3, 0.4) is 0 Å². The van der Waals surface area contributed by atoms with Crippen LogP contribution < -0.4 is 5.32 Å². The number of hydrogen-bond donors (Lipinski definition) is 1. The van der Waals surface area contributed by atoms with Crippen molar-refractivity contribution in [2.24, 2.45) is 7.05 Å². The Morgan fingerprint density at radius 3 is 2.52 bits per heavy atom. The lowest BCUT2D eigenvalue weighted by atomic mass is 10.2. The molecule has 122 valence electrons. The third-order valence-corrected chi connectivity index (χ3v) is 4.11. The van der Waals surface area contributed by atoms with Gasteiger partial charge in [0.2, 0.25) is 0 Å². The van der Waals surface area contributed by atoms with Crippen LogP contribution in [-0.4, -0.2) is 51.8 Å². The molecule has 0 aliphatic carbocycles. The molecule has 6 heteroatoms. The molecule has 1 aliphatic rings. The zero-order valence-corrected chi connectivity index (χ0v) is 13.5. The minimum Gasteiger partial charge on any atom is -0.334 e. The van der Waals surface area contributed by atoms with Gasteiger partial charge in [-0.15, -0.1) is 0 Å². The van der Waals surface area contributed by atoms with E-state index in [1.807, 2.05) is 24.2 Å². The summed E-state index contributed by atoms with van der Waals surface area (Å²) in [6.07, 6.45) is 3.69. The fourth-order valence-corrected chi connectivity index (χ4v) is 2.80. The third-order valence-electron chi connectivity index (χ3n) is 4.11. The van der Waals surface area contributed by atoms with Gasteiger partial charge in [0.05, 0.1) is 6.20 Å². The highest BCUT2D eigenvalue weighted by Crippen LogP contribution is 2.08. The molecule has 1 saturated heterocycles. The number of amides is 2. The van der Waals surface area contributed by atoms with Crippen LogP contribution in [0.25, 0.3) is 0 Å². The normalized spacial score (nSPS) is 15.6. The van der Waals surface area contributed by atoms with E-state index in [2.05, 4.69) is 39.6 Å². The number of urea groups is 1. The van der Waals surface area contributed by atoms with Crippen molar-refractivity contribution in [3.05, 3.63) is 53.9 Å². The second-order valence-corrected chi connectivity index (χ2v) is 5.93. The molecule has 1 aromatic carbocycles. The van der Waals surface area contributed by atoms with E-state index in [1.165, 1.54) is 5.56 Å². The van der Waals surface area contributed by atoms with Crippen molar-refractivity contribution in [3.8, 4) is 0 Å². The van der Waals surface area contributed by atoms with Crippen molar-refractivity contribution in [3.63, 3.8) is 0 Å². The lowest BCUT2D eigenvalue weighted by Crippen LogP contribution is -2.51. The van der Waals surface area contributed by atoms with Crippen molar-refractivity contribution in [1.29, 1.82) is 0 Å². The van der Waals surface area contributed by atoms with Crippen molar-refractivity contribution < 1.29 is 4.79 Å². The van der Waals surface area contributed by atoms with Gasteiger partial charge in [-0.25, -0.2) is 4.79 Å². The average Bonchev–Trinajstić information content (AvgIpc) is 3.00. The molecule has 0 spiro atoms. The molecule has 23 heavy (non-hydrogen) atoms. The molecule has 1 aromatic heterocycles. The lowest BCUT2D eigenvalue weighted by Gasteiger charge is -2.34. The molecule has 1 fully saturated rings. The molecule has 0 bridgehead atoms. The van der Waals surface area contributed by atoms with Crippen LogP contribution in [0.5, 0.6) is 0 Å². The molecule has 2 amide bonds. The topological polar surface area (TPSA) is 53.4 Å². The summed E-state index contributed by atoms with van der Waals surface area (Å²) in [4.78, 5) is 16.5. The Balaban J connectivity index is 1.42. The van der Waals surface area contributed by atoms with Crippen LogP contribution in [0.15, 0.2) is 42.7 Å². The SMILES string of the molecule is Cn1cc(CNC(=O)N2CCN(Cc3ccccc3)CC2)cn1. The maximum absolute atomic E-state index is 12.2. The predicted octanol–water partition coefficient (Wildman–Crippen LogP) is 1.45. The molecule has 6 nitrogen and oxygen atoms in total. The Morgan fingerprint density at radius 2 is 1.87 bits per heavy atom. The van der Waals surface area contributed by atoms with E-state index in [9.17, 15) is 4.79 Å². The number of carbonyl (C=O) groups is 1. The largest absolute Gasteiger partial charge is 0.334 e. The Morgan fingerprint density at radius 1 is 1.13 bits per heavy atom. The number of nitrogens with one attached hydrogen (secondary N) is 1. The highest BCUT2D eigenvalue weighted by molar-refractivity contribution is 5.74. The van der Waals surface area contributed by atoms with Gasteiger partial charge in [-0.2, -0.15) is 5.10 Å². The van der Waals surface area contributed by atoms with Gasteiger partial charge in [0.25, 0.3) is 0 Å². The number of aromatic nitrogens is 2. The van der Waals surface area contributed by atoms with E-state index in [0.717, 1.165) is 38.3 Å². The Labute approximate surface area is 136 Å². The molecule has 3 rings (SSSR count). The molecule has 2 heterocycles. The Bertz CT molecular complexity index is 631. The first kappa shape index (κ1) is 15.6. The van der Waals surface area contributed by atoms with Gasteiger partial charge < -0.3 is 10.2 Å². The third kappa shape index (κ3) is 4.32. The summed E-state index contributed by atoms with van der Waals surface area (Å²) in [6.45, 7) is 4.84. The zero-order valence-electron chi connectivity index (χ0n) is 13.5. The van der Waals surface area contributed by atoms with Crippen molar-refractivity contribution >= 4 is 6.03 Å². The van der Waals surface area contributed by atoms with Gasteiger partial charge in [0.1, 0.15) is 0 Å². The van der Waals surface area contributed by atoms with Crippen LogP contribution in [0.4, 0.5) is 4.79 Å². The van der Waals surface area contributed by atoms with E-state index in [-0.39, 0.29) is 6.03 Å². The molecule has 1 N–H and O–H groups in total. The van der Waals surface area contributed by atoms with Crippen LogP contribution in [0.2, 0.25) is 0 Å². The van der Waals surface area contributed by atoms with Gasteiger partial charge in [-0.05, 0) is 5.56 Å². The molecule has 0 atom stereocenters. The molecular weight excluding hydrogens is 290 g/mol. The zero-order chi connectivity index (χ0) is 16.1. The first-order valence-electron chi connectivity index (χ1n) is 7.97. The summed E-state index contributed by atoms with van der Waals surface area (Å²) in [5, 5.41) is 7.06. The van der Waals surface area contributed by atoms with Gasteiger partial charge >= 0.3 is 6.03 Å². The number of nitrogens with zero attached hydrogens (tertiary/aromatic N) is 4.